The third kappa shape index (κ3) is 2.48. The molecule has 0 saturated carbocycles. The van der Waals surface area contributed by atoms with Crippen molar-refractivity contribution in [2.45, 2.75) is 6.85 Å². The molecule has 0 amide bonds. The van der Waals surface area contributed by atoms with Crippen molar-refractivity contribution in [3.8, 4) is 5.75 Å². The summed E-state index contributed by atoms with van der Waals surface area (Å²) in [7, 11) is 0. The fourth-order valence-electron chi connectivity index (χ4n) is 0.525. The normalized spacial score (nSPS) is 18.9. The lowest BCUT2D eigenvalue weighted by Gasteiger charge is -2.03. The number of rotatable bonds is 2. The van der Waals surface area contributed by atoms with Crippen LogP contribution in [0.2, 0.25) is 5.15 Å². The van der Waals surface area contributed by atoms with E-state index in [1.807, 2.05) is 22.6 Å². The second kappa shape index (κ2) is 4.11. The van der Waals surface area contributed by atoms with Gasteiger partial charge in [-0.1, -0.05) is 11.6 Å². The van der Waals surface area contributed by atoms with Gasteiger partial charge in [0.15, 0.2) is 5.75 Å². The Balaban J connectivity index is 2.97. The van der Waals surface area contributed by atoms with Crippen molar-refractivity contribution in [3.63, 3.8) is 0 Å². The summed E-state index contributed by atoms with van der Waals surface area (Å²) in [5, 5.41) is 0.228. The fraction of sp³-hybridized carbons (Fsp3) is 0.286. The van der Waals surface area contributed by atoms with Gasteiger partial charge >= 0.3 is 0 Å². The van der Waals surface area contributed by atoms with Crippen LogP contribution in [0, 0.1) is 3.57 Å². The zero-order valence-corrected chi connectivity index (χ0v) is 8.18. The molecule has 0 atom stereocenters. The first-order valence-electron chi connectivity index (χ1n) is 5.13. The van der Waals surface area contributed by atoms with E-state index in [1.165, 1.54) is 12.3 Å². The van der Waals surface area contributed by atoms with Gasteiger partial charge in [0.2, 0.25) is 0 Å². The van der Waals surface area contributed by atoms with Crippen LogP contribution < -0.4 is 4.74 Å². The van der Waals surface area contributed by atoms with Gasteiger partial charge in [-0.25, -0.2) is 4.98 Å². The van der Waals surface area contributed by atoms with Crippen LogP contribution in [0.1, 0.15) is 13.7 Å². The van der Waals surface area contributed by atoms with E-state index in [9.17, 15) is 0 Å². The van der Waals surface area contributed by atoms with E-state index in [0.717, 1.165) is 0 Å². The summed E-state index contributed by atoms with van der Waals surface area (Å²) in [5.41, 5.74) is 0. The van der Waals surface area contributed by atoms with Crippen LogP contribution in [0.3, 0.4) is 0 Å². The molecule has 0 aliphatic carbocycles. The van der Waals surface area contributed by atoms with Crippen LogP contribution in [-0.4, -0.2) is 11.5 Å². The topological polar surface area (TPSA) is 22.1 Å². The highest BCUT2D eigenvalue weighted by Crippen LogP contribution is 2.21. The van der Waals surface area contributed by atoms with Crippen LogP contribution in [0.15, 0.2) is 12.3 Å². The van der Waals surface area contributed by atoms with Gasteiger partial charge in [-0.3, -0.25) is 0 Å². The highest BCUT2D eigenvalue weighted by atomic mass is 127. The predicted octanol–water partition coefficient (Wildman–Crippen LogP) is 2.74. The molecule has 1 aromatic rings. The minimum atomic E-state index is -2.87. The Morgan fingerprint density at radius 2 is 2.82 bits per heavy atom. The highest BCUT2D eigenvalue weighted by molar-refractivity contribution is 14.1. The fourth-order valence-corrected chi connectivity index (χ4v) is 1.41. The lowest BCUT2D eigenvalue weighted by molar-refractivity contribution is 0.336. The Labute approximate surface area is 91.1 Å². The molecule has 0 radical (unpaired) electrons. The molecule has 0 unspecified atom stereocenters. The maximum atomic E-state index is 7.28. The van der Waals surface area contributed by atoms with Crippen LogP contribution >= 0.6 is 34.2 Å². The molecule has 0 bridgehead atoms. The number of hydrogen-bond acceptors (Lipinski definition) is 2. The van der Waals surface area contributed by atoms with Crippen molar-refractivity contribution in [1.29, 1.82) is 0 Å². The van der Waals surface area contributed by atoms with Gasteiger partial charge in [-0.15, -0.1) is 0 Å². The summed E-state index contributed by atoms with van der Waals surface area (Å²) in [6.07, 6.45) is 1.19. The number of halogens is 2. The molecule has 0 spiro atoms. The average Bonchev–Trinajstić information content (AvgIpc) is 2.08. The maximum absolute atomic E-state index is 7.28. The first-order valence-corrected chi connectivity index (χ1v) is 4.09. The Morgan fingerprint density at radius 1 is 2.00 bits per heavy atom. The van der Waals surface area contributed by atoms with E-state index in [2.05, 4.69) is 4.98 Å². The van der Waals surface area contributed by atoms with Gasteiger partial charge in [0.1, 0.15) is 5.15 Å². The Morgan fingerprint density at radius 3 is 3.45 bits per heavy atom. The van der Waals surface area contributed by atoms with Gasteiger partial charge in [0.25, 0.3) is 0 Å². The molecule has 0 aromatic carbocycles. The Kier molecular flexibility index (Phi) is 1.60. The van der Waals surface area contributed by atoms with Crippen molar-refractivity contribution < 1.29 is 11.6 Å². The van der Waals surface area contributed by atoms with Gasteiger partial charge < -0.3 is 4.74 Å². The average molecular weight is 289 g/mol. The number of ether oxygens (including phenoxy) is 1. The molecule has 0 saturated heterocycles. The molecule has 11 heavy (non-hydrogen) atoms. The first-order chi connectivity index (χ1) is 7.13. The quantitative estimate of drug-likeness (QED) is 0.617. The Hall–Kier alpha value is -0.0300. The third-order valence-electron chi connectivity index (χ3n) is 0.947. The number of aromatic nitrogens is 1. The molecule has 0 fully saturated rings. The summed E-state index contributed by atoms with van der Waals surface area (Å²) < 4.78 is 40.8. The third-order valence-corrected chi connectivity index (χ3v) is 2.00. The SMILES string of the molecule is [2H]C([2H])([2H])C([2H])([2H])Oc1cnc(Cl)cc1I. The molecule has 2 nitrogen and oxygen atoms in total. The van der Waals surface area contributed by atoms with E-state index in [0.29, 0.717) is 3.57 Å². The van der Waals surface area contributed by atoms with Crippen LogP contribution in [0.25, 0.3) is 0 Å². The zero-order valence-electron chi connectivity index (χ0n) is 10.3. The molecular weight excluding hydrogens is 276 g/mol. The zero-order chi connectivity index (χ0) is 12.6. The minimum Gasteiger partial charge on any atom is -0.491 e. The number of nitrogens with zero attached hydrogens (tertiary/aromatic N) is 1. The van der Waals surface area contributed by atoms with E-state index in [4.69, 9.17) is 23.2 Å². The lowest BCUT2D eigenvalue weighted by Crippen LogP contribution is -1.94. The molecule has 0 aliphatic heterocycles. The van der Waals surface area contributed by atoms with Crippen LogP contribution in [-0.2, 0) is 0 Å². The van der Waals surface area contributed by atoms with Crippen molar-refractivity contribution in [1.82, 2.24) is 4.98 Å². The second-order valence-electron chi connectivity index (χ2n) is 1.64. The summed E-state index contributed by atoms with van der Waals surface area (Å²) in [4.78, 5) is 3.69. The second-order valence-corrected chi connectivity index (χ2v) is 3.19. The van der Waals surface area contributed by atoms with Crippen LogP contribution in [0.5, 0.6) is 5.75 Å². The van der Waals surface area contributed by atoms with Gasteiger partial charge in [-0.05, 0) is 35.5 Å². The van der Waals surface area contributed by atoms with Gasteiger partial charge in [0, 0.05) is 4.11 Å². The molecular formula is C7H7ClINO. The maximum Gasteiger partial charge on any atom is 0.150 e. The van der Waals surface area contributed by atoms with E-state index in [-0.39, 0.29) is 10.9 Å². The van der Waals surface area contributed by atoms with Crippen LogP contribution in [0.4, 0.5) is 0 Å². The van der Waals surface area contributed by atoms with Crippen molar-refractivity contribution in [2.24, 2.45) is 0 Å². The van der Waals surface area contributed by atoms with E-state index in [1.54, 1.807) is 0 Å². The van der Waals surface area contributed by atoms with Crippen molar-refractivity contribution in [3.05, 3.63) is 21.0 Å². The van der Waals surface area contributed by atoms with Gasteiger partial charge in [-0.2, -0.15) is 0 Å². The molecule has 4 heteroatoms. The smallest absolute Gasteiger partial charge is 0.150 e. The largest absolute Gasteiger partial charge is 0.491 e. The number of hydrogen-bond donors (Lipinski definition) is 0. The monoisotopic (exact) mass is 288 g/mol. The predicted molar refractivity (Wildman–Crippen MR) is 53.1 cm³/mol. The molecule has 1 rings (SSSR count). The summed E-state index contributed by atoms with van der Waals surface area (Å²) >= 11 is 7.46. The Bertz CT molecular complexity index is 397. The van der Waals surface area contributed by atoms with Crippen molar-refractivity contribution >= 4 is 34.2 Å². The number of pyridine rings is 1. The molecule has 60 valence electrons. The molecule has 1 aromatic heterocycles. The summed E-state index contributed by atoms with van der Waals surface area (Å²) in [6, 6.07) is 1.45. The van der Waals surface area contributed by atoms with E-state index < -0.39 is 13.4 Å². The summed E-state index contributed by atoms with van der Waals surface area (Å²) in [6.45, 7) is -5.63. The van der Waals surface area contributed by atoms with E-state index >= 15 is 0 Å². The molecule has 1 heterocycles. The highest BCUT2D eigenvalue weighted by Gasteiger charge is 2.00. The summed E-state index contributed by atoms with van der Waals surface area (Å²) in [5.74, 6) is 0.0473. The molecule has 0 aliphatic rings. The minimum absolute atomic E-state index is 0.0473. The first kappa shape index (κ1) is 4.28. The lowest BCUT2D eigenvalue weighted by atomic mass is 10.5. The molecule has 0 N–H and O–H groups in total. The standard InChI is InChI=1S/C7H7ClINO/c1-2-11-6-4-10-7(8)3-5(6)9/h3-4H,2H2,1H3/i1D3,2D2. The van der Waals surface area contributed by atoms with Gasteiger partial charge in [0.05, 0.1) is 19.1 Å². The van der Waals surface area contributed by atoms with Crippen molar-refractivity contribution in [2.75, 3.05) is 6.56 Å².